The normalized spacial score (nSPS) is 28.0. The van der Waals surface area contributed by atoms with Crippen molar-refractivity contribution in [2.24, 2.45) is 11.8 Å². The summed E-state index contributed by atoms with van der Waals surface area (Å²) in [6.45, 7) is 7.69. The van der Waals surface area contributed by atoms with Crippen LogP contribution in [0.3, 0.4) is 0 Å². The van der Waals surface area contributed by atoms with Crippen molar-refractivity contribution in [3.63, 3.8) is 0 Å². The number of carbonyl (C=O) groups excluding carboxylic acids is 1. The molecule has 98 valence electrons. The molecule has 0 amide bonds. The average Bonchev–Trinajstić information content (AvgIpc) is 2.37. The summed E-state index contributed by atoms with van der Waals surface area (Å²) in [6, 6.07) is 9.70. The Morgan fingerprint density at radius 3 is 2.50 bits per heavy atom. The minimum Gasteiger partial charge on any atom is -0.301 e. The van der Waals surface area contributed by atoms with E-state index in [4.69, 9.17) is 0 Å². The van der Waals surface area contributed by atoms with E-state index >= 15 is 0 Å². The monoisotopic (exact) mass is 245 g/mol. The highest BCUT2D eigenvalue weighted by atomic mass is 16.1. The lowest BCUT2D eigenvalue weighted by Crippen LogP contribution is -2.55. The Morgan fingerprint density at radius 2 is 1.89 bits per heavy atom. The number of carbonyl (C=O) groups is 1. The third kappa shape index (κ3) is 2.22. The van der Waals surface area contributed by atoms with Gasteiger partial charge in [0.1, 0.15) is 0 Å². The molecule has 0 N–H and O–H groups in total. The van der Waals surface area contributed by atoms with Gasteiger partial charge in [0.05, 0.1) is 0 Å². The molecule has 2 heteroatoms. The molecule has 1 aliphatic rings. The fourth-order valence-corrected chi connectivity index (χ4v) is 2.89. The number of ketones is 1. The van der Waals surface area contributed by atoms with E-state index in [0.717, 1.165) is 18.5 Å². The van der Waals surface area contributed by atoms with Crippen LogP contribution in [0.5, 0.6) is 0 Å². The van der Waals surface area contributed by atoms with Crippen LogP contribution in [0, 0.1) is 11.8 Å². The molecule has 1 aliphatic heterocycles. The van der Waals surface area contributed by atoms with Crippen LogP contribution < -0.4 is 0 Å². The van der Waals surface area contributed by atoms with E-state index in [1.807, 2.05) is 30.3 Å². The number of hydrogen-bond acceptors (Lipinski definition) is 2. The van der Waals surface area contributed by atoms with Gasteiger partial charge in [-0.1, -0.05) is 37.3 Å². The fourth-order valence-electron chi connectivity index (χ4n) is 2.89. The summed E-state index contributed by atoms with van der Waals surface area (Å²) in [5, 5.41) is 0. The van der Waals surface area contributed by atoms with Crippen LogP contribution in [-0.2, 0) is 0 Å². The standard InChI is InChI=1S/C16H23NO/c1-12-14(10-11-17(4)16(12,2)3)15(18)13-8-6-5-7-9-13/h5-9,12,14H,10-11H2,1-4H3. The van der Waals surface area contributed by atoms with Gasteiger partial charge < -0.3 is 4.90 Å². The lowest BCUT2D eigenvalue weighted by Gasteiger charge is -2.48. The molecule has 1 saturated heterocycles. The van der Waals surface area contributed by atoms with Gasteiger partial charge in [-0.05, 0) is 39.8 Å². The first-order chi connectivity index (χ1) is 8.44. The predicted octanol–water partition coefficient (Wildman–Crippen LogP) is 3.24. The topological polar surface area (TPSA) is 20.3 Å². The van der Waals surface area contributed by atoms with Crippen LogP contribution >= 0.6 is 0 Å². The van der Waals surface area contributed by atoms with Gasteiger partial charge in [0.2, 0.25) is 0 Å². The van der Waals surface area contributed by atoms with Crippen molar-refractivity contribution in [1.82, 2.24) is 4.90 Å². The summed E-state index contributed by atoms with van der Waals surface area (Å²) in [4.78, 5) is 15.0. The zero-order valence-corrected chi connectivity index (χ0v) is 11.8. The van der Waals surface area contributed by atoms with E-state index in [-0.39, 0.29) is 11.5 Å². The van der Waals surface area contributed by atoms with Crippen LogP contribution in [0.1, 0.15) is 37.6 Å². The van der Waals surface area contributed by atoms with Gasteiger partial charge in [-0.15, -0.1) is 0 Å². The second kappa shape index (κ2) is 4.85. The lowest BCUT2D eigenvalue weighted by molar-refractivity contribution is 0.0154. The van der Waals surface area contributed by atoms with Crippen LogP contribution in [0.4, 0.5) is 0 Å². The molecule has 1 aromatic carbocycles. The second-order valence-electron chi connectivity index (χ2n) is 5.99. The first-order valence-corrected chi connectivity index (χ1v) is 6.75. The highest BCUT2D eigenvalue weighted by Crippen LogP contribution is 2.37. The van der Waals surface area contributed by atoms with Crippen molar-refractivity contribution in [1.29, 1.82) is 0 Å². The maximum atomic E-state index is 12.6. The van der Waals surface area contributed by atoms with Crippen molar-refractivity contribution in [2.75, 3.05) is 13.6 Å². The molecule has 0 saturated carbocycles. The molecule has 0 bridgehead atoms. The molecule has 1 heterocycles. The Morgan fingerprint density at radius 1 is 1.28 bits per heavy atom. The Hall–Kier alpha value is -1.15. The van der Waals surface area contributed by atoms with Gasteiger partial charge in [-0.2, -0.15) is 0 Å². The summed E-state index contributed by atoms with van der Waals surface area (Å²) in [7, 11) is 2.15. The van der Waals surface area contributed by atoms with Gasteiger partial charge >= 0.3 is 0 Å². The largest absolute Gasteiger partial charge is 0.301 e. The zero-order valence-electron chi connectivity index (χ0n) is 11.8. The molecule has 18 heavy (non-hydrogen) atoms. The number of nitrogens with zero attached hydrogens (tertiary/aromatic N) is 1. The molecule has 1 aromatic rings. The molecule has 0 aromatic heterocycles. The zero-order chi connectivity index (χ0) is 13.3. The van der Waals surface area contributed by atoms with E-state index in [1.165, 1.54) is 0 Å². The van der Waals surface area contributed by atoms with Crippen LogP contribution in [0.15, 0.2) is 30.3 Å². The minimum atomic E-state index is 0.0906. The van der Waals surface area contributed by atoms with E-state index in [9.17, 15) is 4.79 Å². The fraction of sp³-hybridized carbons (Fsp3) is 0.562. The highest BCUT2D eigenvalue weighted by Gasteiger charge is 2.42. The summed E-state index contributed by atoms with van der Waals surface area (Å²) in [6.07, 6.45) is 0.967. The molecule has 2 unspecified atom stereocenters. The molecular formula is C16H23NO. The first kappa shape index (κ1) is 13.3. The molecule has 1 fully saturated rings. The number of Topliss-reactive ketones (excluding diaryl/α,β-unsaturated/α-hetero) is 1. The smallest absolute Gasteiger partial charge is 0.166 e. The maximum absolute atomic E-state index is 12.6. The van der Waals surface area contributed by atoms with Crippen molar-refractivity contribution in [3.05, 3.63) is 35.9 Å². The van der Waals surface area contributed by atoms with Gasteiger partial charge in [0.25, 0.3) is 0 Å². The highest BCUT2D eigenvalue weighted by molar-refractivity contribution is 5.98. The number of likely N-dealkylation sites (tertiary alicyclic amines) is 1. The number of piperidine rings is 1. The molecule has 2 atom stereocenters. The van der Waals surface area contributed by atoms with E-state index < -0.39 is 0 Å². The first-order valence-electron chi connectivity index (χ1n) is 6.75. The second-order valence-corrected chi connectivity index (χ2v) is 5.99. The molecule has 2 nitrogen and oxygen atoms in total. The Bertz CT molecular complexity index is 424. The van der Waals surface area contributed by atoms with Gasteiger partial charge in [-0.25, -0.2) is 0 Å². The summed E-state index contributed by atoms with van der Waals surface area (Å²) < 4.78 is 0. The molecular weight excluding hydrogens is 222 g/mol. The van der Waals surface area contributed by atoms with Crippen LogP contribution in [0.2, 0.25) is 0 Å². The van der Waals surface area contributed by atoms with Gasteiger partial charge in [0.15, 0.2) is 5.78 Å². The molecule has 2 rings (SSSR count). The van der Waals surface area contributed by atoms with Crippen molar-refractivity contribution in [2.45, 2.75) is 32.7 Å². The molecule has 0 radical (unpaired) electrons. The lowest BCUT2D eigenvalue weighted by atomic mass is 9.71. The van der Waals surface area contributed by atoms with Crippen LogP contribution in [0.25, 0.3) is 0 Å². The third-order valence-corrected chi connectivity index (χ3v) is 4.87. The van der Waals surface area contributed by atoms with E-state index in [2.05, 4.69) is 32.7 Å². The van der Waals surface area contributed by atoms with E-state index in [1.54, 1.807) is 0 Å². The van der Waals surface area contributed by atoms with Crippen molar-refractivity contribution >= 4 is 5.78 Å². The minimum absolute atomic E-state index is 0.0906. The number of hydrogen-bond donors (Lipinski definition) is 0. The van der Waals surface area contributed by atoms with Crippen molar-refractivity contribution < 1.29 is 4.79 Å². The molecule has 0 spiro atoms. The third-order valence-electron chi connectivity index (χ3n) is 4.87. The number of benzene rings is 1. The van der Waals surface area contributed by atoms with Crippen molar-refractivity contribution in [3.8, 4) is 0 Å². The maximum Gasteiger partial charge on any atom is 0.166 e. The Balaban J connectivity index is 2.22. The summed E-state index contributed by atoms with van der Waals surface area (Å²) in [5.41, 5.74) is 0.947. The SMILES string of the molecule is CC1C(C(=O)c2ccccc2)CCN(C)C1(C)C. The van der Waals surface area contributed by atoms with Gasteiger partial charge in [-0.3, -0.25) is 4.79 Å². The Labute approximate surface area is 110 Å². The quantitative estimate of drug-likeness (QED) is 0.746. The summed E-state index contributed by atoms with van der Waals surface area (Å²) >= 11 is 0. The van der Waals surface area contributed by atoms with Crippen LogP contribution in [-0.4, -0.2) is 29.8 Å². The summed E-state index contributed by atoms with van der Waals surface area (Å²) in [5.74, 6) is 0.840. The van der Waals surface area contributed by atoms with Gasteiger partial charge in [0, 0.05) is 17.0 Å². The Kier molecular flexibility index (Phi) is 3.58. The van der Waals surface area contributed by atoms with E-state index in [0.29, 0.717) is 11.7 Å². The predicted molar refractivity (Wildman–Crippen MR) is 74.8 cm³/mol. The molecule has 0 aliphatic carbocycles. The average molecular weight is 245 g/mol. The number of rotatable bonds is 2.